The average molecular weight is 326 g/mol. The molecule has 1 aromatic carbocycles. The minimum absolute atomic E-state index is 0. The lowest BCUT2D eigenvalue weighted by atomic mass is 10.0. The molecule has 0 aliphatic carbocycles. The van der Waals surface area contributed by atoms with E-state index in [4.69, 9.17) is 0 Å². The number of hydrogen-bond donors (Lipinski definition) is 2. The van der Waals surface area contributed by atoms with Crippen molar-refractivity contribution in [1.82, 2.24) is 10.2 Å². The quantitative estimate of drug-likeness (QED) is 0.894. The van der Waals surface area contributed by atoms with Crippen LogP contribution in [0.3, 0.4) is 0 Å². The molecule has 0 spiro atoms. The number of likely N-dealkylation sites (tertiary alicyclic amines) is 1. The number of nitrogens with zero attached hydrogens (tertiary/aromatic N) is 1. The van der Waals surface area contributed by atoms with Crippen LogP contribution >= 0.6 is 12.4 Å². The molecule has 0 saturated carbocycles. The van der Waals surface area contributed by atoms with Gasteiger partial charge in [-0.3, -0.25) is 9.69 Å². The number of hydrogen-bond acceptors (Lipinski definition) is 3. The van der Waals surface area contributed by atoms with Crippen molar-refractivity contribution in [2.45, 2.75) is 39.7 Å². The Hall–Kier alpha value is -1.10. The second kappa shape index (κ2) is 8.51. The van der Waals surface area contributed by atoms with E-state index in [1.165, 1.54) is 5.56 Å². The van der Waals surface area contributed by atoms with Crippen LogP contribution in [0, 0.1) is 20.8 Å². The van der Waals surface area contributed by atoms with Gasteiger partial charge < -0.3 is 10.6 Å². The molecular weight excluding hydrogens is 298 g/mol. The molecule has 0 radical (unpaired) electrons. The van der Waals surface area contributed by atoms with Crippen molar-refractivity contribution in [2.24, 2.45) is 0 Å². The topological polar surface area (TPSA) is 44.4 Å². The van der Waals surface area contributed by atoms with Crippen LogP contribution in [0.5, 0.6) is 0 Å². The summed E-state index contributed by atoms with van der Waals surface area (Å²) < 4.78 is 0. The Labute approximate surface area is 140 Å². The number of amides is 1. The lowest BCUT2D eigenvalue weighted by Gasteiger charge is -2.31. The lowest BCUT2D eigenvalue weighted by molar-refractivity contribution is -0.117. The van der Waals surface area contributed by atoms with Crippen LogP contribution in [-0.4, -0.2) is 43.5 Å². The molecule has 22 heavy (non-hydrogen) atoms. The number of anilines is 1. The number of nitrogens with one attached hydrogen (secondary N) is 2. The van der Waals surface area contributed by atoms with E-state index in [0.717, 1.165) is 42.7 Å². The van der Waals surface area contributed by atoms with E-state index < -0.39 is 0 Å². The first kappa shape index (κ1) is 18.9. The van der Waals surface area contributed by atoms with Gasteiger partial charge in [0.1, 0.15) is 0 Å². The summed E-state index contributed by atoms with van der Waals surface area (Å²) in [5.74, 6) is 0.0907. The number of carbonyl (C=O) groups is 1. The minimum Gasteiger partial charge on any atom is -0.324 e. The molecule has 1 fully saturated rings. The second-order valence-electron chi connectivity index (χ2n) is 6.16. The van der Waals surface area contributed by atoms with Gasteiger partial charge >= 0.3 is 0 Å². The lowest BCUT2D eigenvalue weighted by Crippen LogP contribution is -2.44. The van der Waals surface area contributed by atoms with Gasteiger partial charge in [-0.25, -0.2) is 0 Å². The highest BCUT2D eigenvalue weighted by Crippen LogP contribution is 2.22. The van der Waals surface area contributed by atoms with E-state index in [-0.39, 0.29) is 18.3 Å². The van der Waals surface area contributed by atoms with Crippen molar-refractivity contribution in [3.63, 3.8) is 0 Å². The first-order chi connectivity index (χ1) is 9.99. The van der Waals surface area contributed by atoms with Crippen LogP contribution in [0.25, 0.3) is 0 Å². The number of piperidine rings is 1. The maximum atomic E-state index is 12.3. The molecule has 1 aromatic rings. The standard InChI is InChI=1S/C17H27N3O.ClH/c1-12-9-13(2)17(14(3)10-12)19-16(21)11-20-7-5-15(18-4)6-8-20;/h9-10,15,18H,5-8,11H2,1-4H3,(H,19,21);1H. The van der Waals surface area contributed by atoms with Gasteiger partial charge in [0, 0.05) is 24.8 Å². The van der Waals surface area contributed by atoms with Crippen LogP contribution in [0.2, 0.25) is 0 Å². The van der Waals surface area contributed by atoms with Gasteiger partial charge in [-0.15, -0.1) is 12.4 Å². The minimum atomic E-state index is 0. The van der Waals surface area contributed by atoms with E-state index >= 15 is 0 Å². The van der Waals surface area contributed by atoms with Crippen LogP contribution in [-0.2, 0) is 4.79 Å². The maximum absolute atomic E-state index is 12.3. The molecule has 4 nitrogen and oxygen atoms in total. The van der Waals surface area contributed by atoms with Crippen molar-refractivity contribution in [1.29, 1.82) is 0 Å². The van der Waals surface area contributed by atoms with Crippen molar-refractivity contribution >= 4 is 24.0 Å². The average Bonchev–Trinajstić information content (AvgIpc) is 2.43. The monoisotopic (exact) mass is 325 g/mol. The predicted octanol–water partition coefficient (Wildman–Crippen LogP) is 2.66. The summed E-state index contributed by atoms with van der Waals surface area (Å²) in [5, 5.41) is 6.39. The number of benzene rings is 1. The zero-order valence-corrected chi connectivity index (χ0v) is 14.8. The Kier molecular flexibility index (Phi) is 7.33. The predicted molar refractivity (Wildman–Crippen MR) is 95.1 cm³/mol. The first-order valence-corrected chi connectivity index (χ1v) is 7.77. The fraction of sp³-hybridized carbons (Fsp3) is 0.588. The van der Waals surface area contributed by atoms with Crippen molar-refractivity contribution < 1.29 is 4.79 Å². The van der Waals surface area contributed by atoms with Crippen molar-refractivity contribution in [3.05, 3.63) is 28.8 Å². The highest BCUT2D eigenvalue weighted by atomic mass is 35.5. The fourth-order valence-corrected chi connectivity index (χ4v) is 3.14. The van der Waals surface area contributed by atoms with Crippen LogP contribution in [0.4, 0.5) is 5.69 Å². The maximum Gasteiger partial charge on any atom is 0.238 e. The zero-order valence-electron chi connectivity index (χ0n) is 14.0. The fourth-order valence-electron chi connectivity index (χ4n) is 3.14. The summed E-state index contributed by atoms with van der Waals surface area (Å²) in [4.78, 5) is 14.5. The normalized spacial score (nSPS) is 16.2. The van der Waals surface area contributed by atoms with Crippen molar-refractivity contribution in [2.75, 3.05) is 32.0 Å². The van der Waals surface area contributed by atoms with Gasteiger partial charge in [0.2, 0.25) is 5.91 Å². The molecule has 1 aliphatic heterocycles. The molecule has 5 heteroatoms. The molecule has 0 aromatic heterocycles. The largest absolute Gasteiger partial charge is 0.324 e. The van der Waals surface area contributed by atoms with E-state index in [2.05, 4.69) is 34.6 Å². The molecule has 0 unspecified atom stereocenters. The molecule has 124 valence electrons. The van der Waals surface area contributed by atoms with Crippen molar-refractivity contribution in [3.8, 4) is 0 Å². The summed E-state index contributed by atoms with van der Waals surface area (Å²) >= 11 is 0. The highest BCUT2D eigenvalue weighted by Gasteiger charge is 2.20. The van der Waals surface area contributed by atoms with Gasteiger partial charge in [-0.2, -0.15) is 0 Å². The molecular formula is C17H28ClN3O. The summed E-state index contributed by atoms with van der Waals surface area (Å²) in [7, 11) is 2.01. The second-order valence-corrected chi connectivity index (χ2v) is 6.16. The Morgan fingerprint density at radius 3 is 2.23 bits per heavy atom. The first-order valence-electron chi connectivity index (χ1n) is 7.77. The SMILES string of the molecule is CNC1CCN(CC(=O)Nc2c(C)cc(C)cc2C)CC1.Cl. The van der Waals surface area contributed by atoms with Gasteiger partial charge in [0.05, 0.1) is 6.54 Å². The molecule has 1 heterocycles. The Bertz CT molecular complexity index is 488. The number of halogens is 1. The van der Waals surface area contributed by atoms with Crippen LogP contribution in [0.1, 0.15) is 29.5 Å². The Morgan fingerprint density at radius 2 is 1.73 bits per heavy atom. The van der Waals surface area contributed by atoms with Crippen LogP contribution < -0.4 is 10.6 Å². The Balaban J connectivity index is 0.00000242. The Morgan fingerprint density at radius 1 is 1.18 bits per heavy atom. The molecule has 2 rings (SSSR count). The van der Waals surface area contributed by atoms with Gasteiger partial charge in [-0.1, -0.05) is 17.7 Å². The number of aryl methyl sites for hydroxylation is 3. The summed E-state index contributed by atoms with van der Waals surface area (Å²) in [6.07, 6.45) is 2.23. The molecule has 0 bridgehead atoms. The third-order valence-corrected chi connectivity index (χ3v) is 4.30. The van der Waals surface area contributed by atoms with E-state index in [0.29, 0.717) is 12.6 Å². The zero-order chi connectivity index (χ0) is 15.4. The highest BCUT2D eigenvalue weighted by molar-refractivity contribution is 5.93. The summed E-state index contributed by atoms with van der Waals surface area (Å²) in [6.45, 7) is 8.65. The summed E-state index contributed by atoms with van der Waals surface area (Å²) in [5.41, 5.74) is 4.47. The molecule has 1 saturated heterocycles. The summed E-state index contributed by atoms with van der Waals surface area (Å²) in [6, 6.07) is 4.83. The smallest absolute Gasteiger partial charge is 0.238 e. The van der Waals surface area contributed by atoms with Gasteiger partial charge in [-0.05, 0) is 51.8 Å². The van der Waals surface area contributed by atoms with Gasteiger partial charge in [0.25, 0.3) is 0 Å². The third kappa shape index (κ3) is 4.97. The van der Waals surface area contributed by atoms with Crippen LogP contribution in [0.15, 0.2) is 12.1 Å². The molecule has 2 N–H and O–H groups in total. The molecule has 1 aliphatic rings. The molecule has 1 amide bonds. The van der Waals surface area contributed by atoms with E-state index in [9.17, 15) is 4.79 Å². The van der Waals surface area contributed by atoms with E-state index in [1.807, 2.05) is 20.9 Å². The third-order valence-electron chi connectivity index (χ3n) is 4.30. The van der Waals surface area contributed by atoms with E-state index in [1.54, 1.807) is 0 Å². The number of carbonyl (C=O) groups excluding carboxylic acids is 1. The molecule has 0 atom stereocenters. The number of rotatable bonds is 4. The van der Waals surface area contributed by atoms with Gasteiger partial charge in [0.15, 0.2) is 0 Å².